The average Bonchev–Trinajstić information content (AvgIpc) is 3.23. The number of carbonyl (C=O) groups is 2. The Morgan fingerprint density at radius 1 is 1.33 bits per heavy atom. The summed E-state index contributed by atoms with van der Waals surface area (Å²) < 4.78 is 5.67. The highest BCUT2D eigenvalue weighted by Gasteiger charge is 2.32. The minimum atomic E-state index is -0.341. The van der Waals surface area contributed by atoms with Crippen molar-refractivity contribution in [2.24, 2.45) is 11.7 Å². The van der Waals surface area contributed by atoms with Crippen LogP contribution in [0.1, 0.15) is 23.0 Å². The van der Waals surface area contributed by atoms with E-state index in [1.54, 1.807) is 4.90 Å². The Bertz CT molecular complexity index is 742. The molecule has 3 rings (SSSR count). The van der Waals surface area contributed by atoms with E-state index in [9.17, 15) is 9.59 Å². The molecule has 126 valence electrons. The van der Waals surface area contributed by atoms with Crippen molar-refractivity contribution in [3.8, 4) is 16.2 Å². The summed E-state index contributed by atoms with van der Waals surface area (Å²) >= 11 is 1.42. The summed E-state index contributed by atoms with van der Waals surface area (Å²) in [6, 6.07) is 11.8. The molecule has 2 amide bonds. The number of nitrogens with two attached hydrogens (primary N) is 1. The van der Waals surface area contributed by atoms with Crippen LogP contribution < -0.4 is 10.5 Å². The van der Waals surface area contributed by atoms with Gasteiger partial charge in [-0.2, -0.15) is 0 Å². The Morgan fingerprint density at radius 3 is 2.71 bits per heavy atom. The number of thiophene rings is 1. The van der Waals surface area contributed by atoms with E-state index in [-0.39, 0.29) is 17.7 Å². The third kappa shape index (κ3) is 3.28. The van der Waals surface area contributed by atoms with Crippen molar-refractivity contribution in [2.45, 2.75) is 13.3 Å². The van der Waals surface area contributed by atoms with Crippen molar-refractivity contribution < 1.29 is 14.3 Å². The van der Waals surface area contributed by atoms with Crippen LogP contribution in [0.15, 0.2) is 36.4 Å². The number of ether oxygens (including phenoxy) is 1. The normalized spacial score (nSPS) is 17.0. The molecule has 1 saturated heterocycles. The van der Waals surface area contributed by atoms with Gasteiger partial charge in [-0.25, -0.2) is 0 Å². The molecule has 24 heavy (non-hydrogen) atoms. The Morgan fingerprint density at radius 2 is 2.08 bits per heavy atom. The maximum absolute atomic E-state index is 12.9. The standard InChI is InChI=1S/C18H20N2O3S/c1-2-23-14-10-15(12-6-4-3-5-7-12)24-16(14)18(22)20-9-8-13(11-20)17(19)21/h3-7,10,13H,2,8-9,11H2,1H3,(H2,19,21)/t13-/m1/s1. The van der Waals surface area contributed by atoms with Gasteiger partial charge in [0.05, 0.1) is 12.5 Å². The van der Waals surface area contributed by atoms with Crippen molar-refractivity contribution >= 4 is 23.2 Å². The minimum absolute atomic E-state index is 0.0885. The summed E-state index contributed by atoms with van der Waals surface area (Å²) in [6.45, 7) is 3.33. The molecular formula is C18H20N2O3S. The molecule has 2 aromatic rings. The van der Waals surface area contributed by atoms with Gasteiger partial charge in [0.1, 0.15) is 10.6 Å². The molecular weight excluding hydrogens is 324 g/mol. The van der Waals surface area contributed by atoms with Gasteiger partial charge in [-0.15, -0.1) is 11.3 Å². The molecule has 5 nitrogen and oxygen atoms in total. The Hall–Kier alpha value is -2.34. The smallest absolute Gasteiger partial charge is 0.267 e. The SMILES string of the molecule is CCOc1cc(-c2ccccc2)sc1C(=O)N1CC[C@@H](C(N)=O)C1. The van der Waals surface area contributed by atoms with Crippen molar-refractivity contribution in [3.63, 3.8) is 0 Å². The van der Waals surface area contributed by atoms with Gasteiger partial charge in [-0.1, -0.05) is 30.3 Å². The van der Waals surface area contributed by atoms with Crippen molar-refractivity contribution in [2.75, 3.05) is 19.7 Å². The first-order valence-corrected chi connectivity index (χ1v) is 8.82. The van der Waals surface area contributed by atoms with E-state index in [4.69, 9.17) is 10.5 Å². The molecule has 1 fully saturated rings. The van der Waals surface area contributed by atoms with Crippen LogP contribution in [0.25, 0.3) is 10.4 Å². The highest BCUT2D eigenvalue weighted by Crippen LogP contribution is 2.37. The number of primary amides is 1. The average molecular weight is 344 g/mol. The van der Waals surface area contributed by atoms with Gasteiger partial charge in [-0.3, -0.25) is 9.59 Å². The molecule has 0 radical (unpaired) electrons. The lowest BCUT2D eigenvalue weighted by Gasteiger charge is -2.15. The van der Waals surface area contributed by atoms with Crippen LogP contribution in [-0.4, -0.2) is 36.4 Å². The summed E-state index contributed by atoms with van der Waals surface area (Å²) in [5, 5.41) is 0. The lowest BCUT2D eigenvalue weighted by Crippen LogP contribution is -2.31. The third-order valence-corrected chi connectivity index (χ3v) is 5.28. The van der Waals surface area contributed by atoms with Gasteiger partial charge in [0.15, 0.2) is 0 Å². The number of amides is 2. The molecule has 0 saturated carbocycles. The molecule has 2 N–H and O–H groups in total. The zero-order valence-electron chi connectivity index (χ0n) is 13.5. The fraction of sp³-hybridized carbons (Fsp3) is 0.333. The number of hydrogen-bond acceptors (Lipinski definition) is 4. The first kappa shape index (κ1) is 16.5. The van der Waals surface area contributed by atoms with E-state index in [1.807, 2.05) is 43.3 Å². The summed E-state index contributed by atoms with van der Waals surface area (Å²) in [5.41, 5.74) is 6.41. The van der Waals surface area contributed by atoms with E-state index in [0.29, 0.717) is 36.7 Å². The second-order valence-corrected chi connectivity index (χ2v) is 6.79. The molecule has 2 heterocycles. The van der Waals surface area contributed by atoms with E-state index in [1.165, 1.54) is 11.3 Å². The highest BCUT2D eigenvalue weighted by molar-refractivity contribution is 7.17. The van der Waals surface area contributed by atoms with Gasteiger partial charge in [0, 0.05) is 18.0 Å². The number of nitrogens with zero attached hydrogens (tertiary/aromatic N) is 1. The molecule has 1 atom stereocenters. The van der Waals surface area contributed by atoms with Crippen LogP contribution in [0.2, 0.25) is 0 Å². The van der Waals surface area contributed by atoms with Crippen LogP contribution in [0, 0.1) is 5.92 Å². The van der Waals surface area contributed by atoms with Crippen molar-refractivity contribution in [1.82, 2.24) is 4.90 Å². The molecule has 0 unspecified atom stereocenters. The van der Waals surface area contributed by atoms with Crippen LogP contribution in [-0.2, 0) is 4.79 Å². The summed E-state index contributed by atoms with van der Waals surface area (Å²) in [7, 11) is 0. The number of hydrogen-bond donors (Lipinski definition) is 1. The molecule has 0 bridgehead atoms. The third-order valence-electron chi connectivity index (χ3n) is 4.13. The van der Waals surface area contributed by atoms with E-state index < -0.39 is 0 Å². The van der Waals surface area contributed by atoms with Crippen LogP contribution in [0.4, 0.5) is 0 Å². The van der Waals surface area contributed by atoms with Crippen LogP contribution in [0.3, 0.4) is 0 Å². The first-order chi connectivity index (χ1) is 11.6. The van der Waals surface area contributed by atoms with Gasteiger partial charge in [-0.05, 0) is 25.0 Å². The first-order valence-electron chi connectivity index (χ1n) is 8.00. The number of rotatable bonds is 5. The van der Waals surface area contributed by atoms with Crippen molar-refractivity contribution in [3.05, 3.63) is 41.3 Å². The predicted octanol–water partition coefficient (Wildman–Crippen LogP) is 2.76. The van der Waals surface area contributed by atoms with Gasteiger partial charge >= 0.3 is 0 Å². The van der Waals surface area contributed by atoms with E-state index in [0.717, 1.165) is 10.4 Å². The minimum Gasteiger partial charge on any atom is -0.492 e. The van der Waals surface area contributed by atoms with Gasteiger partial charge < -0.3 is 15.4 Å². The molecule has 6 heteroatoms. The van der Waals surface area contributed by atoms with E-state index >= 15 is 0 Å². The number of likely N-dealkylation sites (tertiary alicyclic amines) is 1. The van der Waals surface area contributed by atoms with E-state index in [2.05, 4.69) is 0 Å². The molecule has 1 aromatic heterocycles. The zero-order chi connectivity index (χ0) is 17.1. The molecule has 1 aromatic carbocycles. The number of carbonyl (C=O) groups excluding carboxylic acids is 2. The molecule has 0 aliphatic carbocycles. The Labute approximate surface area is 145 Å². The maximum Gasteiger partial charge on any atom is 0.267 e. The predicted molar refractivity (Wildman–Crippen MR) is 94.1 cm³/mol. The van der Waals surface area contributed by atoms with Crippen LogP contribution in [0.5, 0.6) is 5.75 Å². The topological polar surface area (TPSA) is 72.6 Å². The fourth-order valence-electron chi connectivity index (χ4n) is 2.85. The molecule has 1 aliphatic rings. The fourth-order valence-corrected chi connectivity index (χ4v) is 3.93. The largest absolute Gasteiger partial charge is 0.492 e. The Balaban J connectivity index is 1.88. The Kier molecular flexibility index (Phi) is 4.85. The van der Waals surface area contributed by atoms with Crippen LogP contribution >= 0.6 is 11.3 Å². The van der Waals surface area contributed by atoms with Gasteiger partial charge in [0.25, 0.3) is 5.91 Å². The summed E-state index contributed by atoms with van der Waals surface area (Å²) in [4.78, 5) is 27.5. The second kappa shape index (κ2) is 7.05. The molecule has 1 aliphatic heterocycles. The lowest BCUT2D eigenvalue weighted by atomic mass is 10.1. The molecule has 0 spiro atoms. The maximum atomic E-state index is 12.9. The zero-order valence-corrected chi connectivity index (χ0v) is 14.3. The summed E-state index contributed by atoms with van der Waals surface area (Å²) in [5.74, 6) is -0.0761. The quantitative estimate of drug-likeness (QED) is 0.906. The number of benzene rings is 1. The summed E-state index contributed by atoms with van der Waals surface area (Å²) in [6.07, 6.45) is 0.627. The monoisotopic (exact) mass is 344 g/mol. The van der Waals surface area contributed by atoms with Crippen molar-refractivity contribution in [1.29, 1.82) is 0 Å². The lowest BCUT2D eigenvalue weighted by molar-refractivity contribution is -0.121. The highest BCUT2D eigenvalue weighted by atomic mass is 32.1. The second-order valence-electron chi connectivity index (χ2n) is 5.74. The van der Waals surface area contributed by atoms with Gasteiger partial charge in [0.2, 0.25) is 5.91 Å².